The third kappa shape index (κ3) is 2.69. The molecule has 0 bridgehead atoms. The van der Waals surface area contributed by atoms with Crippen molar-refractivity contribution in [3.05, 3.63) is 0 Å². The molecule has 0 spiro atoms. The van der Waals surface area contributed by atoms with Crippen molar-refractivity contribution in [2.75, 3.05) is 46.4 Å². The monoisotopic (exact) mass is 213 g/mol. The Kier molecular flexibility index (Phi) is 3.97. The van der Waals surface area contributed by atoms with Crippen LogP contribution in [-0.4, -0.2) is 73.4 Å². The van der Waals surface area contributed by atoms with E-state index in [0.717, 1.165) is 26.2 Å². The summed E-state index contributed by atoms with van der Waals surface area (Å²) in [5.74, 6) is 0. The topological polar surface area (TPSA) is 38.7 Å². The molecule has 2 saturated heterocycles. The Morgan fingerprint density at radius 3 is 2.93 bits per heavy atom. The van der Waals surface area contributed by atoms with Crippen molar-refractivity contribution in [3.63, 3.8) is 0 Å². The number of hydrogen-bond acceptors (Lipinski definition) is 4. The Balaban J connectivity index is 1.87. The predicted octanol–water partition coefficient (Wildman–Crippen LogP) is -0.653. The van der Waals surface area contributed by atoms with Gasteiger partial charge in [-0.3, -0.25) is 9.80 Å². The lowest BCUT2D eigenvalue weighted by molar-refractivity contribution is 0.0295. The molecule has 2 aliphatic heterocycles. The van der Waals surface area contributed by atoms with Crippen LogP contribution in [0.25, 0.3) is 0 Å². The highest BCUT2D eigenvalue weighted by Crippen LogP contribution is 2.15. The van der Waals surface area contributed by atoms with Crippen LogP contribution in [0.5, 0.6) is 0 Å². The molecule has 0 amide bonds. The fraction of sp³-hybridized carbons (Fsp3) is 1.00. The van der Waals surface area contributed by atoms with Gasteiger partial charge in [0.1, 0.15) is 0 Å². The Labute approximate surface area is 92.2 Å². The maximum absolute atomic E-state index is 9.29. The molecular weight excluding hydrogens is 190 g/mol. The Bertz CT molecular complexity index is 194. The summed E-state index contributed by atoms with van der Waals surface area (Å²) in [5.41, 5.74) is 0. The van der Waals surface area contributed by atoms with Gasteiger partial charge in [0.2, 0.25) is 0 Å². The van der Waals surface area contributed by atoms with E-state index in [9.17, 15) is 5.11 Å². The molecule has 0 aliphatic carbocycles. The van der Waals surface area contributed by atoms with Gasteiger partial charge in [0.25, 0.3) is 0 Å². The van der Waals surface area contributed by atoms with Crippen LogP contribution in [0.1, 0.15) is 12.8 Å². The largest absolute Gasteiger partial charge is 0.395 e. The third-order valence-corrected chi connectivity index (χ3v) is 3.81. The highest BCUT2D eigenvalue weighted by molar-refractivity contribution is 4.86. The van der Waals surface area contributed by atoms with Crippen LogP contribution in [0.4, 0.5) is 0 Å². The van der Waals surface area contributed by atoms with Gasteiger partial charge in [-0.2, -0.15) is 0 Å². The summed E-state index contributed by atoms with van der Waals surface area (Å²) in [5, 5.41) is 12.8. The average molecular weight is 213 g/mol. The van der Waals surface area contributed by atoms with Gasteiger partial charge in [-0.05, 0) is 26.4 Å². The lowest BCUT2D eigenvalue weighted by atomic mass is 10.0. The van der Waals surface area contributed by atoms with Gasteiger partial charge in [0, 0.05) is 38.3 Å². The SMILES string of the molecule is CN1CCN(C2CCCNC2)CC1CO. The van der Waals surface area contributed by atoms with Crippen molar-refractivity contribution in [2.45, 2.75) is 24.9 Å². The second-order valence-corrected chi connectivity index (χ2v) is 4.81. The van der Waals surface area contributed by atoms with Crippen LogP contribution < -0.4 is 5.32 Å². The number of nitrogens with zero attached hydrogens (tertiary/aromatic N) is 2. The van der Waals surface area contributed by atoms with Crippen LogP contribution in [0, 0.1) is 0 Å². The molecule has 0 radical (unpaired) electrons. The minimum absolute atomic E-state index is 0.285. The zero-order chi connectivity index (χ0) is 10.7. The first-order valence-corrected chi connectivity index (χ1v) is 6.07. The third-order valence-electron chi connectivity index (χ3n) is 3.81. The van der Waals surface area contributed by atoms with E-state index in [1.807, 2.05) is 0 Å². The van der Waals surface area contributed by atoms with Gasteiger partial charge in [-0.15, -0.1) is 0 Å². The zero-order valence-corrected chi connectivity index (χ0v) is 9.65. The van der Waals surface area contributed by atoms with E-state index >= 15 is 0 Å². The first-order valence-electron chi connectivity index (χ1n) is 6.07. The normalized spacial score (nSPS) is 35.6. The van der Waals surface area contributed by atoms with E-state index in [-0.39, 0.29) is 6.61 Å². The maximum atomic E-state index is 9.29. The maximum Gasteiger partial charge on any atom is 0.0599 e. The lowest BCUT2D eigenvalue weighted by Gasteiger charge is -2.43. The average Bonchev–Trinajstić information content (AvgIpc) is 2.31. The summed E-state index contributed by atoms with van der Waals surface area (Å²) in [7, 11) is 2.11. The minimum Gasteiger partial charge on any atom is -0.395 e. The molecule has 0 aromatic carbocycles. The lowest BCUT2D eigenvalue weighted by Crippen LogP contribution is -2.58. The highest BCUT2D eigenvalue weighted by Gasteiger charge is 2.28. The molecule has 2 heterocycles. The van der Waals surface area contributed by atoms with Gasteiger partial charge in [-0.25, -0.2) is 0 Å². The summed E-state index contributed by atoms with van der Waals surface area (Å²) in [6.07, 6.45) is 2.61. The van der Waals surface area contributed by atoms with E-state index in [0.29, 0.717) is 12.1 Å². The van der Waals surface area contributed by atoms with Crippen molar-refractivity contribution >= 4 is 0 Å². The van der Waals surface area contributed by atoms with E-state index in [1.54, 1.807) is 0 Å². The van der Waals surface area contributed by atoms with Gasteiger partial charge >= 0.3 is 0 Å². The summed E-state index contributed by atoms with van der Waals surface area (Å²) in [6.45, 7) is 5.85. The van der Waals surface area contributed by atoms with Crippen LogP contribution in [0.3, 0.4) is 0 Å². The molecule has 0 aromatic heterocycles. The summed E-state index contributed by atoms with van der Waals surface area (Å²) in [6, 6.07) is 1.03. The van der Waals surface area contributed by atoms with Crippen molar-refractivity contribution < 1.29 is 5.11 Å². The number of aliphatic hydroxyl groups excluding tert-OH is 1. The van der Waals surface area contributed by atoms with E-state index in [1.165, 1.54) is 19.4 Å². The molecule has 2 aliphatic rings. The molecule has 0 saturated carbocycles. The fourth-order valence-electron chi connectivity index (χ4n) is 2.64. The highest BCUT2D eigenvalue weighted by atomic mass is 16.3. The van der Waals surface area contributed by atoms with Gasteiger partial charge < -0.3 is 10.4 Å². The van der Waals surface area contributed by atoms with Crippen LogP contribution in [0.15, 0.2) is 0 Å². The van der Waals surface area contributed by atoms with E-state index in [2.05, 4.69) is 22.2 Å². The first-order chi connectivity index (χ1) is 7.31. The molecule has 2 N–H and O–H groups in total. The number of piperidine rings is 1. The molecule has 0 aromatic rings. The number of rotatable bonds is 2. The van der Waals surface area contributed by atoms with Crippen molar-refractivity contribution in [1.29, 1.82) is 0 Å². The van der Waals surface area contributed by atoms with E-state index in [4.69, 9.17) is 0 Å². The number of likely N-dealkylation sites (N-methyl/N-ethyl adjacent to an activating group) is 1. The second-order valence-electron chi connectivity index (χ2n) is 4.81. The number of piperazine rings is 1. The summed E-state index contributed by atoms with van der Waals surface area (Å²) in [4.78, 5) is 4.82. The quantitative estimate of drug-likeness (QED) is 0.639. The number of aliphatic hydroxyl groups is 1. The smallest absolute Gasteiger partial charge is 0.0599 e. The van der Waals surface area contributed by atoms with Crippen LogP contribution in [0.2, 0.25) is 0 Å². The Morgan fingerprint density at radius 2 is 2.27 bits per heavy atom. The van der Waals surface area contributed by atoms with E-state index < -0.39 is 0 Å². The van der Waals surface area contributed by atoms with Gasteiger partial charge in [0.05, 0.1) is 6.61 Å². The van der Waals surface area contributed by atoms with Gasteiger partial charge in [-0.1, -0.05) is 0 Å². The minimum atomic E-state index is 0.285. The molecule has 2 unspecified atom stereocenters. The predicted molar refractivity (Wildman–Crippen MR) is 61.0 cm³/mol. The molecule has 88 valence electrons. The molecular formula is C11H23N3O. The van der Waals surface area contributed by atoms with Crippen molar-refractivity contribution in [3.8, 4) is 0 Å². The number of nitrogens with one attached hydrogen (secondary N) is 1. The Morgan fingerprint density at radius 1 is 1.40 bits per heavy atom. The Hall–Kier alpha value is -0.160. The molecule has 2 fully saturated rings. The van der Waals surface area contributed by atoms with Crippen molar-refractivity contribution in [2.24, 2.45) is 0 Å². The van der Waals surface area contributed by atoms with Gasteiger partial charge in [0.15, 0.2) is 0 Å². The van der Waals surface area contributed by atoms with Crippen LogP contribution >= 0.6 is 0 Å². The first kappa shape index (κ1) is 11.3. The molecule has 4 nitrogen and oxygen atoms in total. The standard InChI is InChI=1S/C11H23N3O/c1-13-5-6-14(8-11(13)9-15)10-3-2-4-12-7-10/h10-12,15H,2-9H2,1H3. The molecule has 4 heteroatoms. The van der Waals surface area contributed by atoms with Crippen LogP contribution in [-0.2, 0) is 0 Å². The molecule has 2 atom stereocenters. The zero-order valence-electron chi connectivity index (χ0n) is 9.65. The summed E-state index contributed by atoms with van der Waals surface area (Å²) >= 11 is 0. The summed E-state index contributed by atoms with van der Waals surface area (Å²) < 4.78 is 0. The second kappa shape index (κ2) is 5.25. The fourth-order valence-corrected chi connectivity index (χ4v) is 2.64. The number of hydrogen-bond donors (Lipinski definition) is 2. The molecule has 2 rings (SSSR count). The van der Waals surface area contributed by atoms with Crippen molar-refractivity contribution in [1.82, 2.24) is 15.1 Å². The molecule has 15 heavy (non-hydrogen) atoms.